The van der Waals surface area contributed by atoms with Crippen molar-refractivity contribution in [3.05, 3.63) is 24.4 Å². The molecule has 0 spiro atoms. The van der Waals surface area contributed by atoms with E-state index >= 15 is 0 Å². The molecule has 3 heteroatoms. The van der Waals surface area contributed by atoms with Crippen molar-refractivity contribution in [1.82, 2.24) is 10.3 Å². The van der Waals surface area contributed by atoms with Crippen molar-refractivity contribution < 1.29 is 0 Å². The Morgan fingerprint density at radius 3 is 3.00 bits per heavy atom. The molecule has 2 rings (SSSR count). The van der Waals surface area contributed by atoms with Crippen LogP contribution in [0.1, 0.15) is 26.2 Å². The highest BCUT2D eigenvalue weighted by Crippen LogP contribution is 2.13. The standard InChI is InChI=1S/C13H21N3/c1-2-16(13-8-4-6-10-15-13)11-12-7-3-5-9-14-12/h4,6,8,10,12,14H,2-3,5,7,9,11H2,1H3. The normalized spacial score (nSPS) is 20.7. The van der Waals surface area contributed by atoms with Gasteiger partial charge in [-0.2, -0.15) is 0 Å². The summed E-state index contributed by atoms with van der Waals surface area (Å²) in [5.41, 5.74) is 0. The molecule has 1 aromatic rings. The lowest BCUT2D eigenvalue weighted by Crippen LogP contribution is -2.44. The van der Waals surface area contributed by atoms with Crippen molar-refractivity contribution >= 4 is 5.82 Å². The summed E-state index contributed by atoms with van der Waals surface area (Å²) < 4.78 is 0. The Balaban J connectivity index is 1.94. The highest BCUT2D eigenvalue weighted by Gasteiger charge is 2.16. The van der Waals surface area contributed by atoms with Crippen LogP contribution in [0.2, 0.25) is 0 Å². The summed E-state index contributed by atoms with van der Waals surface area (Å²) in [6.07, 6.45) is 5.85. The predicted octanol–water partition coefficient (Wildman–Crippen LogP) is 2.05. The Kier molecular flexibility index (Phi) is 4.17. The van der Waals surface area contributed by atoms with Gasteiger partial charge in [0.05, 0.1) is 0 Å². The molecule has 0 aliphatic carbocycles. The van der Waals surface area contributed by atoms with Gasteiger partial charge >= 0.3 is 0 Å². The fourth-order valence-electron chi connectivity index (χ4n) is 2.27. The molecule has 16 heavy (non-hydrogen) atoms. The van der Waals surface area contributed by atoms with E-state index in [1.807, 2.05) is 12.3 Å². The second-order valence-electron chi connectivity index (χ2n) is 4.37. The number of nitrogens with one attached hydrogen (secondary N) is 1. The first-order chi connectivity index (χ1) is 7.90. The van der Waals surface area contributed by atoms with Gasteiger partial charge in [-0.05, 0) is 38.4 Å². The maximum atomic E-state index is 4.41. The van der Waals surface area contributed by atoms with Crippen molar-refractivity contribution in [2.24, 2.45) is 0 Å². The van der Waals surface area contributed by atoms with Gasteiger partial charge in [-0.25, -0.2) is 4.98 Å². The SMILES string of the molecule is CCN(CC1CCCCN1)c1ccccn1. The van der Waals surface area contributed by atoms with Crippen molar-refractivity contribution in [2.45, 2.75) is 32.2 Å². The van der Waals surface area contributed by atoms with E-state index in [-0.39, 0.29) is 0 Å². The van der Waals surface area contributed by atoms with Gasteiger partial charge in [0.25, 0.3) is 0 Å². The molecule has 1 N–H and O–H groups in total. The molecule has 0 amide bonds. The fourth-order valence-corrected chi connectivity index (χ4v) is 2.27. The van der Waals surface area contributed by atoms with Crippen LogP contribution in [0, 0.1) is 0 Å². The second-order valence-corrected chi connectivity index (χ2v) is 4.37. The molecule has 1 aromatic heterocycles. The van der Waals surface area contributed by atoms with Crippen molar-refractivity contribution in [2.75, 3.05) is 24.5 Å². The van der Waals surface area contributed by atoms with E-state index in [0.29, 0.717) is 6.04 Å². The molecule has 2 heterocycles. The number of likely N-dealkylation sites (N-methyl/N-ethyl adjacent to an activating group) is 1. The number of rotatable bonds is 4. The van der Waals surface area contributed by atoms with Gasteiger partial charge in [-0.15, -0.1) is 0 Å². The van der Waals surface area contributed by atoms with E-state index < -0.39 is 0 Å². The van der Waals surface area contributed by atoms with Gasteiger partial charge in [0.2, 0.25) is 0 Å². The van der Waals surface area contributed by atoms with E-state index in [1.165, 1.54) is 25.8 Å². The third-order valence-electron chi connectivity index (χ3n) is 3.21. The Bertz CT molecular complexity index is 293. The molecule has 1 saturated heterocycles. The van der Waals surface area contributed by atoms with Crippen LogP contribution in [-0.2, 0) is 0 Å². The lowest BCUT2D eigenvalue weighted by atomic mass is 10.0. The summed E-state index contributed by atoms with van der Waals surface area (Å²) in [6, 6.07) is 6.75. The molecule has 3 nitrogen and oxygen atoms in total. The summed E-state index contributed by atoms with van der Waals surface area (Å²) in [5.74, 6) is 1.09. The minimum Gasteiger partial charge on any atom is -0.355 e. The molecule has 0 radical (unpaired) electrons. The summed E-state index contributed by atoms with van der Waals surface area (Å²) in [6.45, 7) is 5.46. The molecular weight excluding hydrogens is 198 g/mol. The molecule has 1 aliphatic rings. The van der Waals surface area contributed by atoms with Crippen LogP contribution in [-0.4, -0.2) is 30.7 Å². The molecule has 0 saturated carbocycles. The fraction of sp³-hybridized carbons (Fsp3) is 0.615. The van der Waals surface area contributed by atoms with Crippen LogP contribution >= 0.6 is 0 Å². The van der Waals surface area contributed by atoms with Gasteiger partial charge in [0.1, 0.15) is 5.82 Å². The van der Waals surface area contributed by atoms with Gasteiger partial charge in [0, 0.05) is 25.3 Å². The van der Waals surface area contributed by atoms with Gasteiger partial charge < -0.3 is 10.2 Å². The highest BCUT2D eigenvalue weighted by molar-refractivity contribution is 5.37. The molecule has 1 atom stereocenters. The Labute approximate surface area is 97.9 Å². The zero-order chi connectivity index (χ0) is 11.2. The third-order valence-corrected chi connectivity index (χ3v) is 3.21. The van der Waals surface area contributed by atoms with E-state index in [2.05, 4.69) is 34.3 Å². The molecule has 1 aliphatic heterocycles. The summed E-state index contributed by atoms with van der Waals surface area (Å²) in [5, 5.41) is 3.58. The Hall–Kier alpha value is -1.09. The van der Waals surface area contributed by atoms with Crippen LogP contribution < -0.4 is 10.2 Å². The maximum absolute atomic E-state index is 4.41. The molecule has 1 fully saturated rings. The lowest BCUT2D eigenvalue weighted by Gasteiger charge is -2.30. The van der Waals surface area contributed by atoms with E-state index in [0.717, 1.165) is 18.9 Å². The zero-order valence-electron chi connectivity index (χ0n) is 10.0. The monoisotopic (exact) mass is 219 g/mol. The summed E-state index contributed by atoms with van der Waals surface area (Å²) in [4.78, 5) is 6.76. The maximum Gasteiger partial charge on any atom is 0.128 e. The van der Waals surface area contributed by atoms with Crippen LogP contribution in [0.4, 0.5) is 5.82 Å². The van der Waals surface area contributed by atoms with E-state index in [1.54, 1.807) is 0 Å². The number of hydrogen-bond donors (Lipinski definition) is 1. The Morgan fingerprint density at radius 1 is 1.44 bits per heavy atom. The lowest BCUT2D eigenvalue weighted by molar-refractivity contribution is 0.399. The minimum absolute atomic E-state index is 0.635. The van der Waals surface area contributed by atoms with Crippen LogP contribution in [0.25, 0.3) is 0 Å². The third kappa shape index (κ3) is 2.95. The molecule has 0 bridgehead atoms. The average Bonchev–Trinajstić information content (AvgIpc) is 2.38. The van der Waals surface area contributed by atoms with Crippen LogP contribution in [0.5, 0.6) is 0 Å². The average molecular weight is 219 g/mol. The first-order valence-corrected chi connectivity index (χ1v) is 6.29. The van der Waals surface area contributed by atoms with Crippen LogP contribution in [0.3, 0.4) is 0 Å². The first kappa shape index (κ1) is 11.4. The number of nitrogens with zero attached hydrogens (tertiary/aromatic N) is 2. The Morgan fingerprint density at radius 2 is 2.38 bits per heavy atom. The van der Waals surface area contributed by atoms with Crippen molar-refractivity contribution in [3.8, 4) is 0 Å². The van der Waals surface area contributed by atoms with E-state index in [4.69, 9.17) is 0 Å². The number of aromatic nitrogens is 1. The zero-order valence-corrected chi connectivity index (χ0v) is 10.0. The smallest absolute Gasteiger partial charge is 0.128 e. The summed E-state index contributed by atoms with van der Waals surface area (Å²) >= 11 is 0. The first-order valence-electron chi connectivity index (χ1n) is 6.29. The number of anilines is 1. The molecule has 0 aromatic carbocycles. The van der Waals surface area contributed by atoms with Crippen molar-refractivity contribution in [3.63, 3.8) is 0 Å². The molecule has 88 valence electrons. The quantitative estimate of drug-likeness (QED) is 0.840. The highest BCUT2D eigenvalue weighted by atomic mass is 15.2. The van der Waals surface area contributed by atoms with Gasteiger partial charge in [0.15, 0.2) is 0 Å². The predicted molar refractivity (Wildman–Crippen MR) is 67.8 cm³/mol. The van der Waals surface area contributed by atoms with E-state index in [9.17, 15) is 0 Å². The molecule has 1 unspecified atom stereocenters. The van der Waals surface area contributed by atoms with Crippen molar-refractivity contribution in [1.29, 1.82) is 0 Å². The number of pyridine rings is 1. The summed E-state index contributed by atoms with van der Waals surface area (Å²) in [7, 11) is 0. The topological polar surface area (TPSA) is 28.2 Å². The van der Waals surface area contributed by atoms with Crippen LogP contribution in [0.15, 0.2) is 24.4 Å². The van der Waals surface area contributed by atoms with Gasteiger partial charge in [-0.3, -0.25) is 0 Å². The number of piperidine rings is 1. The largest absolute Gasteiger partial charge is 0.355 e. The second kappa shape index (κ2) is 5.85. The molecular formula is C13H21N3. The van der Waals surface area contributed by atoms with Gasteiger partial charge in [-0.1, -0.05) is 12.5 Å². The number of hydrogen-bond acceptors (Lipinski definition) is 3. The minimum atomic E-state index is 0.635.